The van der Waals surface area contributed by atoms with Crippen molar-refractivity contribution in [3.05, 3.63) is 45.2 Å². The first-order valence-electron chi connectivity index (χ1n) is 9.11. The summed E-state index contributed by atoms with van der Waals surface area (Å²) in [7, 11) is 1.86. The van der Waals surface area contributed by atoms with Crippen molar-refractivity contribution in [3.63, 3.8) is 0 Å². The van der Waals surface area contributed by atoms with Crippen molar-refractivity contribution in [2.75, 3.05) is 7.05 Å². The van der Waals surface area contributed by atoms with Crippen LogP contribution >= 0.6 is 12.2 Å². The Morgan fingerprint density at radius 1 is 1.24 bits per heavy atom. The summed E-state index contributed by atoms with van der Waals surface area (Å²) in [6.07, 6.45) is 6.06. The van der Waals surface area contributed by atoms with Crippen molar-refractivity contribution in [1.82, 2.24) is 15.2 Å². The zero-order valence-electron chi connectivity index (χ0n) is 15.3. The number of nitrogens with one attached hydrogen (secondary N) is 2. The van der Waals surface area contributed by atoms with Gasteiger partial charge in [-0.3, -0.25) is 4.79 Å². The number of hydrogen-bond donors (Lipinski definition) is 2. The number of H-pyrrole nitrogens is 1. The molecule has 1 heterocycles. The molecule has 3 rings (SSSR count). The summed E-state index contributed by atoms with van der Waals surface area (Å²) < 4.78 is 0. The van der Waals surface area contributed by atoms with Crippen molar-refractivity contribution in [1.29, 1.82) is 0 Å². The van der Waals surface area contributed by atoms with Gasteiger partial charge in [0, 0.05) is 29.6 Å². The van der Waals surface area contributed by atoms with Crippen LogP contribution in [-0.2, 0) is 6.54 Å². The van der Waals surface area contributed by atoms with Crippen LogP contribution in [0.15, 0.2) is 23.0 Å². The van der Waals surface area contributed by atoms with Crippen molar-refractivity contribution in [2.45, 2.75) is 58.5 Å². The van der Waals surface area contributed by atoms with Gasteiger partial charge in [-0.15, -0.1) is 0 Å². The van der Waals surface area contributed by atoms with Gasteiger partial charge in [-0.25, -0.2) is 0 Å². The minimum absolute atomic E-state index is 0.0165. The van der Waals surface area contributed by atoms with Crippen LogP contribution in [0.1, 0.15) is 48.8 Å². The molecule has 1 aromatic carbocycles. The Bertz CT molecular complexity index is 837. The molecule has 1 aromatic heterocycles. The molecule has 0 bridgehead atoms. The van der Waals surface area contributed by atoms with Crippen molar-refractivity contribution in [3.8, 4) is 0 Å². The van der Waals surface area contributed by atoms with Crippen LogP contribution in [0.5, 0.6) is 0 Å². The third kappa shape index (κ3) is 3.87. The molecule has 0 radical (unpaired) electrons. The smallest absolute Gasteiger partial charge is 0.253 e. The molecule has 2 N–H and O–H groups in total. The van der Waals surface area contributed by atoms with Gasteiger partial charge in [-0.05, 0) is 62.2 Å². The summed E-state index contributed by atoms with van der Waals surface area (Å²) in [6, 6.07) is 6.64. The Morgan fingerprint density at radius 3 is 2.64 bits per heavy atom. The SMILES string of the molecule is CNC(=S)N(Cc1cc2c(C)cc(C)cc2[nH]c1=O)C1CCCCC1. The average Bonchev–Trinajstić information content (AvgIpc) is 2.60. The Morgan fingerprint density at radius 2 is 1.96 bits per heavy atom. The van der Waals surface area contributed by atoms with Crippen LogP contribution in [0, 0.1) is 13.8 Å². The maximum atomic E-state index is 12.6. The fraction of sp³-hybridized carbons (Fsp3) is 0.500. The van der Waals surface area contributed by atoms with E-state index in [2.05, 4.69) is 35.1 Å². The van der Waals surface area contributed by atoms with Gasteiger partial charge in [-0.1, -0.05) is 25.3 Å². The Hall–Kier alpha value is -1.88. The molecule has 134 valence electrons. The van der Waals surface area contributed by atoms with Gasteiger partial charge in [0.2, 0.25) is 0 Å². The maximum absolute atomic E-state index is 12.6. The molecule has 0 saturated heterocycles. The summed E-state index contributed by atoms with van der Waals surface area (Å²) in [5, 5.41) is 4.94. The molecule has 1 fully saturated rings. The summed E-state index contributed by atoms with van der Waals surface area (Å²) in [5.41, 5.74) is 4.02. The van der Waals surface area contributed by atoms with Crippen LogP contribution in [0.2, 0.25) is 0 Å². The highest BCUT2D eigenvalue weighted by Gasteiger charge is 2.24. The van der Waals surface area contributed by atoms with Gasteiger partial charge in [0.15, 0.2) is 5.11 Å². The molecule has 2 aromatic rings. The molecule has 5 heteroatoms. The van der Waals surface area contributed by atoms with E-state index in [1.807, 2.05) is 19.2 Å². The summed E-state index contributed by atoms with van der Waals surface area (Å²) >= 11 is 5.54. The molecule has 25 heavy (non-hydrogen) atoms. The number of hydrogen-bond acceptors (Lipinski definition) is 2. The quantitative estimate of drug-likeness (QED) is 0.821. The van der Waals surface area contributed by atoms with E-state index < -0.39 is 0 Å². The van der Waals surface area contributed by atoms with Crippen LogP contribution in [-0.4, -0.2) is 28.1 Å². The lowest BCUT2D eigenvalue weighted by molar-refractivity contribution is 0.235. The standard InChI is InChI=1S/C20H27N3OS/c1-13-9-14(2)17-11-15(19(24)22-18(17)10-13)12-23(20(25)21-3)16-7-5-4-6-8-16/h9-11,16H,4-8,12H2,1-3H3,(H,21,25)(H,22,24). The normalized spacial score (nSPS) is 15.3. The second kappa shape index (κ2) is 7.56. The van der Waals surface area contributed by atoms with Crippen molar-refractivity contribution >= 4 is 28.2 Å². The minimum atomic E-state index is -0.0165. The number of benzene rings is 1. The number of nitrogens with zero attached hydrogens (tertiary/aromatic N) is 1. The molecule has 0 amide bonds. The Balaban J connectivity index is 1.97. The first-order chi connectivity index (χ1) is 12.0. The van der Waals surface area contributed by atoms with Gasteiger partial charge in [0.25, 0.3) is 5.56 Å². The van der Waals surface area contributed by atoms with Crippen LogP contribution in [0.25, 0.3) is 10.9 Å². The number of thiocarbonyl (C=S) groups is 1. The molecule has 1 aliphatic rings. The summed E-state index contributed by atoms with van der Waals surface area (Å²) in [6.45, 7) is 4.70. The van der Waals surface area contributed by atoms with Gasteiger partial charge >= 0.3 is 0 Å². The lowest BCUT2D eigenvalue weighted by atomic mass is 9.94. The lowest BCUT2D eigenvalue weighted by Gasteiger charge is -2.36. The predicted molar refractivity (Wildman–Crippen MR) is 108 cm³/mol. The third-order valence-corrected chi connectivity index (χ3v) is 5.66. The van der Waals surface area contributed by atoms with Gasteiger partial charge in [-0.2, -0.15) is 0 Å². The Kier molecular flexibility index (Phi) is 5.42. The van der Waals surface area contributed by atoms with Crippen molar-refractivity contribution in [2.24, 2.45) is 0 Å². The highest BCUT2D eigenvalue weighted by Crippen LogP contribution is 2.25. The molecular formula is C20H27N3OS. The number of aromatic amines is 1. The Labute approximate surface area is 154 Å². The highest BCUT2D eigenvalue weighted by molar-refractivity contribution is 7.80. The van der Waals surface area contributed by atoms with Crippen LogP contribution < -0.4 is 10.9 Å². The van der Waals surface area contributed by atoms with E-state index in [4.69, 9.17) is 12.2 Å². The zero-order valence-corrected chi connectivity index (χ0v) is 16.1. The second-order valence-electron chi connectivity index (χ2n) is 7.14. The molecular weight excluding hydrogens is 330 g/mol. The van der Waals surface area contributed by atoms with Crippen LogP contribution in [0.3, 0.4) is 0 Å². The van der Waals surface area contributed by atoms with E-state index in [1.54, 1.807) is 0 Å². The third-order valence-electron chi connectivity index (χ3n) is 5.22. The molecule has 0 spiro atoms. The molecule has 4 nitrogen and oxygen atoms in total. The van der Waals surface area contributed by atoms with Gasteiger partial charge < -0.3 is 15.2 Å². The maximum Gasteiger partial charge on any atom is 0.253 e. The van der Waals surface area contributed by atoms with Gasteiger partial charge in [0.05, 0.1) is 6.54 Å². The van der Waals surface area contributed by atoms with E-state index in [9.17, 15) is 4.79 Å². The topological polar surface area (TPSA) is 48.1 Å². The largest absolute Gasteiger partial charge is 0.366 e. The van der Waals surface area contributed by atoms with E-state index in [-0.39, 0.29) is 5.56 Å². The molecule has 0 aliphatic heterocycles. The van der Waals surface area contributed by atoms with Crippen LogP contribution in [0.4, 0.5) is 0 Å². The first-order valence-corrected chi connectivity index (χ1v) is 9.52. The number of fused-ring (bicyclic) bond motifs is 1. The molecule has 0 unspecified atom stereocenters. The zero-order chi connectivity index (χ0) is 18.0. The summed E-state index contributed by atoms with van der Waals surface area (Å²) in [4.78, 5) is 17.9. The minimum Gasteiger partial charge on any atom is -0.366 e. The van der Waals surface area contributed by atoms with E-state index in [0.29, 0.717) is 12.6 Å². The number of aromatic nitrogens is 1. The summed E-state index contributed by atoms with van der Waals surface area (Å²) in [5.74, 6) is 0. The highest BCUT2D eigenvalue weighted by atomic mass is 32.1. The molecule has 1 aliphatic carbocycles. The van der Waals surface area contributed by atoms with Crippen molar-refractivity contribution < 1.29 is 0 Å². The fourth-order valence-electron chi connectivity index (χ4n) is 3.92. The fourth-order valence-corrected chi connectivity index (χ4v) is 4.13. The molecule has 1 saturated carbocycles. The lowest BCUT2D eigenvalue weighted by Crippen LogP contribution is -2.46. The van der Waals surface area contributed by atoms with E-state index in [0.717, 1.165) is 40.0 Å². The number of aryl methyl sites for hydroxylation is 2. The first kappa shape index (κ1) is 17.9. The number of pyridine rings is 1. The monoisotopic (exact) mass is 357 g/mol. The van der Waals surface area contributed by atoms with Gasteiger partial charge in [0.1, 0.15) is 0 Å². The second-order valence-corrected chi connectivity index (χ2v) is 7.53. The predicted octanol–water partition coefficient (Wildman–Crippen LogP) is 3.78. The average molecular weight is 358 g/mol. The van der Waals surface area contributed by atoms with E-state index in [1.165, 1.54) is 24.8 Å². The van der Waals surface area contributed by atoms with E-state index >= 15 is 0 Å². The molecule has 0 atom stereocenters. The number of rotatable bonds is 3.